The minimum Gasteiger partial charge on any atom is -0.408 e. The zero-order valence-electron chi connectivity index (χ0n) is 10.3. The zero-order chi connectivity index (χ0) is 13.1. The third-order valence-electron chi connectivity index (χ3n) is 3.02. The van der Waals surface area contributed by atoms with Crippen LogP contribution in [0.5, 0.6) is 0 Å². The molecule has 2 heterocycles. The predicted molar refractivity (Wildman–Crippen MR) is 71.4 cm³/mol. The summed E-state index contributed by atoms with van der Waals surface area (Å²) < 4.78 is 10.8. The maximum absolute atomic E-state index is 6.10. The van der Waals surface area contributed by atoms with E-state index in [1.807, 2.05) is 24.3 Å². The van der Waals surface area contributed by atoms with Gasteiger partial charge in [0.05, 0.1) is 19.1 Å². The summed E-state index contributed by atoms with van der Waals surface area (Å²) in [7, 11) is 0. The summed E-state index contributed by atoms with van der Waals surface area (Å²) in [5.41, 5.74) is 0.976. The van der Waals surface area contributed by atoms with Crippen molar-refractivity contribution < 1.29 is 9.15 Å². The fraction of sp³-hybridized carbons (Fsp3) is 0.385. The molecule has 1 aliphatic heterocycles. The molecule has 100 valence electrons. The summed E-state index contributed by atoms with van der Waals surface area (Å²) in [6.07, 6.45) is 1.50. The van der Waals surface area contributed by atoms with Crippen LogP contribution in [0.25, 0.3) is 0 Å². The largest absolute Gasteiger partial charge is 0.408 e. The first kappa shape index (κ1) is 12.4. The van der Waals surface area contributed by atoms with E-state index in [1.54, 1.807) is 0 Å². The van der Waals surface area contributed by atoms with Gasteiger partial charge in [-0.05, 0) is 18.1 Å². The van der Waals surface area contributed by atoms with Crippen LogP contribution in [0.2, 0.25) is 5.02 Å². The highest BCUT2D eigenvalue weighted by molar-refractivity contribution is 6.31. The van der Waals surface area contributed by atoms with Crippen molar-refractivity contribution in [1.82, 2.24) is 10.2 Å². The molecule has 0 saturated carbocycles. The van der Waals surface area contributed by atoms with Crippen LogP contribution in [0, 0.1) is 0 Å². The van der Waals surface area contributed by atoms with E-state index in [0.717, 1.165) is 18.6 Å². The van der Waals surface area contributed by atoms with E-state index in [4.69, 9.17) is 20.8 Å². The van der Waals surface area contributed by atoms with Crippen molar-refractivity contribution in [3.05, 3.63) is 40.7 Å². The first-order valence-corrected chi connectivity index (χ1v) is 6.59. The third-order valence-corrected chi connectivity index (χ3v) is 3.39. The van der Waals surface area contributed by atoms with Gasteiger partial charge < -0.3 is 14.5 Å². The van der Waals surface area contributed by atoms with E-state index in [2.05, 4.69) is 15.5 Å². The molecule has 1 unspecified atom stereocenters. The number of aromatic nitrogens is 2. The summed E-state index contributed by atoms with van der Waals surface area (Å²) in [4.78, 5) is 0. The van der Waals surface area contributed by atoms with Crippen LogP contribution in [-0.4, -0.2) is 29.5 Å². The number of hydrogen-bond acceptors (Lipinski definition) is 5. The topological polar surface area (TPSA) is 60.2 Å². The molecule has 1 N–H and O–H groups in total. The van der Waals surface area contributed by atoms with Crippen LogP contribution in [0.15, 0.2) is 28.7 Å². The van der Waals surface area contributed by atoms with Gasteiger partial charge in [-0.1, -0.05) is 34.9 Å². The first-order valence-electron chi connectivity index (χ1n) is 6.21. The van der Waals surface area contributed by atoms with Crippen molar-refractivity contribution in [1.29, 1.82) is 0 Å². The zero-order valence-corrected chi connectivity index (χ0v) is 11.1. The summed E-state index contributed by atoms with van der Waals surface area (Å²) >= 11 is 6.10. The molecule has 0 aliphatic carbocycles. The first-order chi connectivity index (χ1) is 9.31. The van der Waals surface area contributed by atoms with Gasteiger partial charge in [0.25, 0.3) is 0 Å². The fourth-order valence-corrected chi connectivity index (χ4v) is 2.21. The van der Waals surface area contributed by atoms with Crippen LogP contribution in [0.3, 0.4) is 0 Å². The highest BCUT2D eigenvalue weighted by Crippen LogP contribution is 2.19. The second kappa shape index (κ2) is 5.59. The third kappa shape index (κ3) is 3.05. The van der Waals surface area contributed by atoms with E-state index in [-0.39, 0.29) is 6.04 Å². The number of benzene rings is 1. The molecule has 1 aromatic carbocycles. The number of halogens is 1. The van der Waals surface area contributed by atoms with Gasteiger partial charge in [0, 0.05) is 11.6 Å². The molecule has 6 heteroatoms. The quantitative estimate of drug-likeness (QED) is 0.932. The predicted octanol–water partition coefficient (Wildman–Crippen LogP) is 2.51. The van der Waals surface area contributed by atoms with Gasteiger partial charge in [-0.15, -0.1) is 5.10 Å². The van der Waals surface area contributed by atoms with Crippen LogP contribution in [0.4, 0.5) is 6.01 Å². The number of ether oxygens (including phenoxy) is 1. The normalized spacial score (nSPS) is 18.7. The van der Waals surface area contributed by atoms with Crippen LogP contribution in [-0.2, 0) is 11.2 Å². The molecular formula is C13H14ClN3O2. The average Bonchev–Trinajstić information content (AvgIpc) is 3.05. The lowest BCUT2D eigenvalue weighted by molar-refractivity contribution is 0.195. The number of anilines is 1. The Hall–Kier alpha value is -1.59. The Morgan fingerprint density at radius 1 is 1.32 bits per heavy atom. The van der Waals surface area contributed by atoms with Gasteiger partial charge in [-0.3, -0.25) is 0 Å². The molecule has 0 amide bonds. The van der Waals surface area contributed by atoms with Gasteiger partial charge in [-0.2, -0.15) is 0 Å². The van der Waals surface area contributed by atoms with Crippen LogP contribution in [0.1, 0.15) is 17.9 Å². The van der Waals surface area contributed by atoms with Crippen molar-refractivity contribution in [2.45, 2.75) is 18.9 Å². The smallest absolute Gasteiger partial charge is 0.315 e. The van der Waals surface area contributed by atoms with E-state index >= 15 is 0 Å². The molecule has 0 bridgehead atoms. The molecule has 1 saturated heterocycles. The highest BCUT2D eigenvalue weighted by atomic mass is 35.5. The molecule has 1 fully saturated rings. The maximum atomic E-state index is 6.10. The second-order valence-electron chi connectivity index (χ2n) is 4.47. The Morgan fingerprint density at radius 2 is 2.21 bits per heavy atom. The number of rotatable bonds is 4. The maximum Gasteiger partial charge on any atom is 0.315 e. The second-order valence-corrected chi connectivity index (χ2v) is 4.88. The van der Waals surface area contributed by atoms with E-state index in [0.29, 0.717) is 30.0 Å². The molecule has 3 rings (SSSR count). The van der Waals surface area contributed by atoms with Crippen molar-refractivity contribution in [3.63, 3.8) is 0 Å². The summed E-state index contributed by atoms with van der Waals surface area (Å²) in [5, 5.41) is 11.9. The van der Waals surface area contributed by atoms with Crippen LogP contribution < -0.4 is 5.32 Å². The Bertz CT molecular complexity index is 552. The molecule has 1 atom stereocenters. The molecule has 1 aliphatic rings. The fourth-order valence-electron chi connectivity index (χ4n) is 2.01. The molecule has 0 spiro atoms. The number of hydrogen-bond donors (Lipinski definition) is 1. The van der Waals surface area contributed by atoms with Crippen molar-refractivity contribution in [3.8, 4) is 0 Å². The minimum atomic E-state index is 0.258. The molecule has 1 aromatic heterocycles. The van der Waals surface area contributed by atoms with Gasteiger partial charge in [0.1, 0.15) is 0 Å². The number of nitrogens with zero attached hydrogens (tertiary/aromatic N) is 2. The van der Waals surface area contributed by atoms with Crippen molar-refractivity contribution in [2.24, 2.45) is 0 Å². The minimum absolute atomic E-state index is 0.258. The van der Waals surface area contributed by atoms with E-state index in [9.17, 15) is 0 Å². The van der Waals surface area contributed by atoms with Gasteiger partial charge in [0.15, 0.2) is 0 Å². The molecule has 0 radical (unpaired) electrons. The Kier molecular flexibility index (Phi) is 3.66. The lowest BCUT2D eigenvalue weighted by atomic mass is 10.1. The van der Waals surface area contributed by atoms with Crippen molar-refractivity contribution in [2.75, 3.05) is 18.5 Å². The Labute approximate surface area is 115 Å². The van der Waals surface area contributed by atoms with E-state index in [1.165, 1.54) is 0 Å². The van der Waals surface area contributed by atoms with Crippen LogP contribution >= 0.6 is 11.6 Å². The summed E-state index contributed by atoms with van der Waals surface area (Å²) in [5.74, 6) is 0.550. The van der Waals surface area contributed by atoms with Gasteiger partial charge in [-0.25, -0.2) is 0 Å². The van der Waals surface area contributed by atoms with Gasteiger partial charge >= 0.3 is 6.01 Å². The summed E-state index contributed by atoms with van der Waals surface area (Å²) in [6.45, 7) is 1.46. The molecular weight excluding hydrogens is 266 g/mol. The van der Waals surface area contributed by atoms with Crippen molar-refractivity contribution >= 4 is 17.6 Å². The molecule has 19 heavy (non-hydrogen) atoms. The molecule has 5 nitrogen and oxygen atoms in total. The monoisotopic (exact) mass is 279 g/mol. The standard InChI is InChI=1S/C13H14ClN3O2/c14-11-4-2-1-3-9(11)7-12-16-17-13(19-12)15-10-5-6-18-8-10/h1-4,10H,5-8H2,(H,15,17). The van der Waals surface area contributed by atoms with E-state index < -0.39 is 0 Å². The Morgan fingerprint density at radius 3 is 3.00 bits per heavy atom. The molecule has 2 aromatic rings. The SMILES string of the molecule is Clc1ccccc1Cc1nnc(NC2CCOC2)o1. The lowest BCUT2D eigenvalue weighted by Gasteiger charge is -2.06. The summed E-state index contributed by atoms with van der Waals surface area (Å²) in [6, 6.07) is 8.33. The lowest BCUT2D eigenvalue weighted by Crippen LogP contribution is -2.18. The highest BCUT2D eigenvalue weighted by Gasteiger charge is 2.18. The Balaban J connectivity index is 1.66. The number of nitrogens with one attached hydrogen (secondary N) is 1. The average molecular weight is 280 g/mol. The van der Waals surface area contributed by atoms with Gasteiger partial charge in [0.2, 0.25) is 5.89 Å².